The van der Waals surface area contributed by atoms with Crippen LogP contribution in [0.1, 0.15) is 32.8 Å². The van der Waals surface area contributed by atoms with Gasteiger partial charge in [0.25, 0.3) is 0 Å². The van der Waals surface area contributed by atoms with Gasteiger partial charge in [-0.25, -0.2) is 0 Å². The molecule has 1 aromatic rings. The Morgan fingerprint density at radius 1 is 1.12 bits per heavy atom. The molecule has 1 nitrogen and oxygen atoms in total. The quantitative estimate of drug-likeness (QED) is 0.705. The largest absolute Gasteiger partial charge is 0.399 e. The zero-order valence-electron chi connectivity index (χ0n) is 10.2. The van der Waals surface area contributed by atoms with Gasteiger partial charge in [-0.3, -0.25) is 0 Å². The van der Waals surface area contributed by atoms with Gasteiger partial charge in [0.15, 0.2) is 0 Å². The van der Waals surface area contributed by atoms with Crippen molar-refractivity contribution in [2.45, 2.75) is 32.6 Å². The van der Waals surface area contributed by atoms with Gasteiger partial charge < -0.3 is 5.73 Å². The number of anilines is 1. The normalized spacial score (nSPS) is 24.9. The molecule has 2 rings (SSSR count). The maximum Gasteiger partial charge on any atom is 0.0314 e. The molecule has 1 atom stereocenters. The molecule has 16 heavy (non-hydrogen) atoms. The number of rotatable bonds is 1. The molecule has 1 unspecified atom stereocenters. The van der Waals surface area contributed by atoms with Crippen LogP contribution in [0.2, 0.25) is 0 Å². The molecule has 0 saturated carbocycles. The standard InChI is InChI=1S/C15H19N/c1-11-8-9-15(3,12(2)10-11)13-4-6-14(16)7-5-13/h4-8,10H,9,16H2,1-3H3. The van der Waals surface area contributed by atoms with E-state index in [9.17, 15) is 0 Å². The van der Waals surface area contributed by atoms with Gasteiger partial charge in [-0.05, 0) is 38.0 Å². The molecule has 0 amide bonds. The summed E-state index contributed by atoms with van der Waals surface area (Å²) in [4.78, 5) is 0. The van der Waals surface area contributed by atoms with Crippen molar-refractivity contribution in [1.29, 1.82) is 0 Å². The van der Waals surface area contributed by atoms with Gasteiger partial charge in [-0.15, -0.1) is 0 Å². The lowest BCUT2D eigenvalue weighted by atomic mass is 9.71. The van der Waals surface area contributed by atoms with E-state index >= 15 is 0 Å². The Bertz CT molecular complexity index is 451. The fourth-order valence-corrected chi connectivity index (χ4v) is 2.28. The van der Waals surface area contributed by atoms with Crippen LogP contribution in [0.25, 0.3) is 0 Å². The highest BCUT2D eigenvalue weighted by molar-refractivity contribution is 5.47. The summed E-state index contributed by atoms with van der Waals surface area (Å²) in [6, 6.07) is 8.25. The molecule has 1 heteroatoms. The highest BCUT2D eigenvalue weighted by atomic mass is 14.5. The fourth-order valence-electron chi connectivity index (χ4n) is 2.28. The molecule has 1 aromatic carbocycles. The van der Waals surface area contributed by atoms with Gasteiger partial charge in [-0.2, -0.15) is 0 Å². The third-order valence-electron chi connectivity index (χ3n) is 3.69. The van der Waals surface area contributed by atoms with Crippen molar-refractivity contribution in [3.05, 3.63) is 53.1 Å². The molecule has 0 fully saturated rings. The van der Waals surface area contributed by atoms with Crippen molar-refractivity contribution in [1.82, 2.24) is 0 Å². The van der Waals surface area contributed by atoms with Crippen molar-refractivity contribution < 1.29 is 0 Å². The fraction of sp³-hybridized carbons (Fsp3) is 0.333. The molecular formula is C15H19N. The maximum absolute atomic E-state index is 5.73. The van der Waals surface area contributed by atoms with E-state index in [1.807, 2.05) is 12.1 Å². The number of hydrogen-bond acceptors (Lipinski definition) is 1. The number of allylic oxidation sites excluding steroid dienone is 4. The Balaban J connectivity index is 2.41. The van der Waals surface area contributed by atoms with Crippen LogP contribution in [0.4, 0.5) is 5.69 Å². The summed E-state index contributed by atoms with van der Waals surface area (Å²) in [7, 11) is 0. The zero-order valence-corrected chi connectivity index (χ0v) is 10.2. The van der Waals surface area contributed by atoms with E-state index in [0.29, 0.717) is 0 Å². The van der Waals surface area contributed by atoms with Crippen LogP contribution in [0, 0.1) is 0 Å². The second kappa shape index (κ2) is 3.82. The summed E-state index contributed by atoms with van der Waals surface area (Å²) in [5, 5.41) is 0. The van der Waals surface area contributed by atoms with Crippen molar-refractivity contribution in [2.75, 3.05) is 5.73 Å². The van der Waals surface area contributed by atoms with E-state index in [1.165, 1.54) is 16.7 Å². The lowest BCUT2D eigenvalue weighted by molar-refractivity contribution is 0.556. The molecule has 0 radical (unpaired) electrons. The molecule has 84 valence electrons. The average molecular weight is 213 g/mol. The smallest absolute Gasteiger partial charge is 0.0314 e. The van der Waals surface area contributed by atoms with E-state index < -0.39 is 0 Å². The zero-order chi connectivity index (χ0) is 11.8. The van der Waals surface area contributed by atoms with E-state index in [1.54, 1.807) is 0 Å². The number of nitrogen functional groups attached to an aromatic ring is 1. The summed E-state index contributed by atoms with van der Waals surface area (Å²) in [6.07, 6.45) is 5.66. The van der Waals surface area contributed by atoms with E-state index in [2.05, 4.69) is 45.1 Å². The maximum atomic E-state index is 5.73. The molecule has 2 N–H and O–H groups in total. The Labute approximate surface area is 97.7 Å². The summed E-state index contributed by atoms with van der Waals surface area (Å²) in [6.45, 7) is 6.67. The number of hydrogen-bond donors (Lipinski definition) is 1. The van der Waals surface area contributed by atoms with Gasteiger partial charge in [0.2, 0.25) is 0 Å². The predicted molar refractivity (Wildman–Crippen MR) is 70.3 cm³/mol. The monoisotopic (exact) mass is 213 g/mol. The summed E-state index contributed by atoms with van der Waals surface area (Å²) >= 11 is 0. The number of nitrogens with two attached hydrogens (primary N) is 1. The van der Waals surface area contributed by atoms with Crippen LogP contribution >= 0.6 is 0 Å². The van der Waals surface area contributed by atoms with Crippen LogP contribution in [0.15, 0.2) is 47.6 Å². The minimum absolute atomic E-state index is 0.132. The van der Waals surface area contributed by atoms with Crippen LogP contribution < -0.4 is 5.73 Å². The first-order valence-electron chi connectivity index (χ1n) is 5.74. The lowest BCUT2D eigenvalue weighted by Gasteiger charge is -2.33. The second-order valence-corrected chi connectivity index (χ2v) is 4.93. The molecule has 0 saturated heterocycles. The highest BCUT2D eigenvalue weighted by Gasteiger charge is 2.29. The third kappa shape index (κ3) is 1.78. The van der Waals surface area contributed by atoms with Gasteiger partial charge in [-0.1, -0.05) is 42.4 Å². The van der Waals surface area contributed by atoms with Crippen LogP contribution in [0.5, 0.6) is 0 Å². The summed E-state index contributed by atoms with van der Waals surface area (Å²) in [5.74, 6) is 0. The third-order valence-corrected chi connectivity index (χ3v) is 3.69. The Morgan fingerprint density at radius 2 is 1.75 bits per heavy atom. The molecular weight excluding hydrogens is 194 g/mol. The predicted octanol–water partition coefficient (Wildman–Crippen LogP) is 3.82. The van der Waals surface area contributed by atoms with E-state index in [-0.39, 0.29) is 5.41 Å². The first-order chi connectivity index (χ1) is 7.52. The molecule has 0 spiro atoms. The first-order valence-corrected chi connectivity index (χ1v) is 5.74. The Hall–Kier alpha value is -1.50. The van der Waals surface area contributed by atoms with E-state index in [4.69, 9.17) is 5.73 Å². The molecule has 0 bridgehead atoms. The Kier molecular flexibility index (Phi) is 2.63. The topological polar surface area (TPSA) is 26.0 Å². The minimum Gasteiger partial charge on any atom is -0.399 e. The average Bonchev–Trinajstić information content (AvgIpc) is 2.25. The summed E-state index contributed by atoms with van der Waals surface area (Å²) in [5.41, 5.74) is 10.8. The molecule has 0 aromatic heterocycles. The SMILES string of the molecule is CC1=CCC(C)(c2ccc(N)cc2)C(C)=C1. The van der Waals surface area contributed by atoms with Crippen molar-refractivity contribution >= 4 is 5.69 Å². The van der Waals surface area contributed by atoms with Gasteiger partial charge in [0.1, 0.15) is 0 Å². The second-order valence-electron chi connectivity index (χ2n) is 4.93. The minimum atomic E-state index is 0.132. The van der Waals surface area contributed by atoms with Gasteiger partial charge in [0, 0.05) is 11.1 Å². The van der Waals surface area contributed by atoms with Crippen LogP contribution in [-0.2, 0) is 5.41 Å². The van der Waals surface area contributed by atoms with Crippen molar-refractivity contribution in [2.24, 2.45) is 0 Å². The molecule has 1 aliphatic carbocycles. The molecule has 0 aliphatic heterocycles. The molecule has 1 aliphatic rings. The van der Waals surface area contributed by atoms with Crippen molar-refractivity contribution in [3.63, 3.8) is 0 Å². The number of benzene rings is 1. The Morgan fingerprint density at radius 3 is 2.31 bits per heavy atom. The molecule has 0 heterocycles. The van der Waals surface area contributed by atoms with Crippen LogP contribution in [-0.4, -0.2) is 0 Å². The lowest BCUT2D eigenvalue weighted by Crippen LogP contribution is -2.24. The van der Waals surface area contributed by atoms with E-state index in [0.717, 1.165) is 12.1 Å². The van der Waals surface area contributed by atoms with Gasteiger partial charge >= 0.3 is 0 Å². The summed E-state index contributed by atoms with van der Waals surface area (Å²) < 4.78 is 0. The highest BCUT2D eigenvalue weighted by Crippen LogP contribution is 2.39. The first kappa shape index (κ1) is 11.0. The van der Waals surface area contributed by atoms with Crippen LogP contribution in [0.3, 0.4) is 0 Å². The van der Waals surface area contributed by atoms with Gasteiger partial charge in [0.05, 0.1) is 0 Å². The van der Waals surface area contributed by atoms with Crippen molar-refractivity contribution in [3.8, 4) is 0 Å².